The summed E-state index contributed by atoms with van der Waals surface area (Å²) in [4.78, 5) is 16.1. The summed E-state index contributed by atoms with van der Waals surface area (Å²) >= 11 is 0. The lowest BCUT2D eigenvalue weighted by Gasteiger charge is -2.10. The van der Waals surface area contributed by atoms with Crippen LogP contribution < -0.4 is 5.32 Å². The number of aryl methyl sites for hydroxylation is 1. The number of nitrogens with one attached hydrogen (secondary N) is 1. The van der Waals surface area contributed by atoms with Crippen LogP contribution in [0.1, 0.15) is 15.9 Å². The number of hydrogen-bond acceptors (Lipinski definition) is 3. The van der Waals surface area contributed by atoms with Crippen molar-refractivity contribution in [3.05, 3.63) is 66.5 Å². The summed E-state index contributed by atoms with van der Waals surface area (Å²) in [5.74, 6) is -0.136. The summed E-state index contributed by atoms with van der Waals surface area (Å²) in [7, 11) is 1.78. The van der Waals surface area contributed by atoms with Crippen molar-refractivity contribution in [3.63, 3.8) is 0 Å². The molecular formula is C15H15N5O. The Hall–Kier alpha value is -2.89. The van der Waals surface area contributed by atoms with Crippen LogP contribution in [0, 0.1) is 0 Å². The van der Waals surface area contributed by atoms with E-state index in [-0.39, 0.29) is 5.91 Å². The highest BCUT2D eigenvalue weighted by atomic mass is 16.1. The van der Waals surface area contributed by atoms with Crippen LogP contribution in [-0.2, 0) is 13.6 Å². The van der Waals surface area contributed by atoms with Gasteiger partial charge in [0.05, 0.1) is 23.8 Å². The molecule has 0 aliphatic carbocycles. The molecule has 0 fully saturated rings. The van der Waals surface area contributed by atoms with Gasteiger partial charge in [0.1, 0.15) is 0 Å². The third kappa shape index (κ3) is 2.84. The van der Waals surface area contributed by atoms with Gasteiger partial charge in [0, 0.05) is 32.2 Å². The first kappa shape index (κ1) is 13.1. The number of hydrogen-bond donors (Lipinski definition) is 1. The summed E-state index contributed by atoms with van der Waals surface area (Å²) in [5, 5.41) is 6.90. The Bertz CT molecular complexity index is 745. The van der Waals surface area contributed by atoms with Gasteiger partial charge in [-0.2, -0.15) is 5.10 Å². The predicted octanol–water partition coefficient (Wildman–Crippen LogP) is 1.54. The monoisotopic (exact) mass is 281 g/mol. The predicted molar refractivity (Wildman–Crippen MR) is 77.9 cm³/mol. The van der Waals surface area contributed by atoms with E-state index in [0.29, 0.717) is 12.1 Å². The number of para-hydroxylation sites is 1. The Morgan fingerprint density at radius 3 is 2.90 bits per heavy atom. The molecule has 2 heterocycles. The van der Waals surface area contributed by atoms with Crippen molar-refractivity contribution in [2.45, 2.75) is 6.54 Å². The van der Waals surface area contributed by atoms with Crippen LogP contribution in [0.5, 0.6) is 0 Å². The highest BCUT2D eigenvalue weighted by Crippen LogP contribution is 2.14. The molecule has 6 heteroatoms. The summed E-state index contributed by atoms with van der Waals surface area (Å²) in [6.45, 7) is 0.447. The molecule has 0 unspecified atom stereocenters. The molecule has 21 heavy (non-hydrogen) atoms. The van der Waals surface area contributed by atoms with E-state index < -0.39 is 0 Å². The molecule has 3 rings (SSSR count). The lowest BCUT2D eigenvalue weighted by molar-refractivity contribution is 0.0951. The number of carbonyl (C=O) groups is 1. The van der Waals surface area contributed by atoms with Crippen LogP contribution in [0.15, 0.2) is 55.4 Å². The molecule has 106 valence electrons. The van der Waals surface area contributed by atoms with E-state index >= 15 is 0 Å². The minimum atomic E-state index is -0.136. The van der Waals surface area contributed by atoms with E-state index in [9.17, 15) is 4.79 Å². The van der Waals surface area contributed by atoms with E-state index in [2.05, 4.69) is 15.4 Å². The Kier molecular flexibility index (Phi) is 3.51. The van der Waals surface area contributed by atoms with Gasteiger partial charge in [-0.1, -0.05) is 18.2 Å². The minimum absolute atomic E-state index is 0.136. The van der Waals surface area contributed by atoms with Crippen LogP contribution >= 0.6 is 0 Å². The maximum atomic E-state index is 12.0. The van der Waals surface area contributed by atoms with Gasteiger partial charge in [-0.05, 0) is 11.6 Å². The third-order valence-electron chi connectivity index (χ3n) is 3.18. The average Bonchev–Trinajstić information content (AvgIpc) is 3.16. The molecule has 0 aliphatic rings. The van der Waals surface area contributed by atoms with Gasteiger partial charge >= 0.3 is 0 Å². The van der Waals surface area contributed by atoms with Crippen molar-refractivity contribution in [2.75, 3.05) is 0 Å². The second-order valence-corrected chi connectivity index (χ2v) is 4.68. The van der Waals surface area contributed by atoms with Crippen LogP contribution in [0.25, 0.3) is 5.69 Å². The molecule has 1 aromatic carbocycles. The second-order valence-electron chi connectivity index (χ2n) is 4.68. The van der Waals surface area contributed by atoms with Crippen LogP contribution in [0.2, 0.25) is 0 Å². The van der Waals surface area contributed by atoms with Gasteiger partial charge < -0.3 is 9.88 Å². The molecular weight excluding hydrogens is 266 g/mol. The highest BCUT2D eigenvalue weighted by Gasteiger charge is 2.09. The number of rotatable bonds is 4. The third-order valence-corrected chi connectivity index (χ3v) is 3.18. The van der Waals surface area contributed by atoms with Gasteiger partial charge in [0.15, 0.2) is 0 Å². The first-order valence-corrected chi connectivity index (χ1v) is 6.57. The van der Waals surface area contributed by atoms with Crippen molar-refractivity contribution in [1.82, 2.24) is 24.6 Å². The number of aromatic nitrogens is 4. The minimum Gasteiger partial charge on any atom is -0.348 e. The first-order chi connectivity index (χ1) is 10.2. The Morgan fingerprint density at radius 2 is 2.19 bits per heavy atom. The highest BCUT2D eigenvalue weighted by molar-refractivity contribution is 5.93. The quantitative estimate of drug-likeness (QED) is 0.789. The van der Waals surface area contributed by atoms with Crippen LogP contribution in [0.3, 0.4) is 0 Å². The molecule has 0 bridgehead atoms. The molecule has 2 aromatic heterocycles. The fourth-order valence-electron chi connectivity index (χ4n) is 2.13. The molecule has 6 nitrogen and oxygen atoms in total. The summed E-state index contributed by atoms with van der Waals surface area (Å²) in [6.07, 6.45) is 8.59. The molecule has 0 spiro atoms. The SMILES string of the molecule is Cn1cc(C(=O)NCc2ccccc2-n2ccnc2)cn1. The summed E-state index contributed by atoms with van der Waals surface area (Å²) in [5.41, 5.74) is 2.58. The molecule has 0 saturated heterocycles. The molecule has 3 aromatic rings. The van der Waals surface area contributed by atoms with E-state index in [1.807, 2.05) is 35.0 Å². The number of imidazole rings is 1. The summed E-state index contributed by atoms with van der Waals surface area (Å²) < 4.78 is 3.53. The zero-order valence-corrected chi connectivity index (χ0v) is 11.6. The number of benzene rings is 1. The number of nitrogens with zero attached hydrogens (tertiary/aromatic N) is 4. The standard InChI is InChI=1S/C15H15N5O/c1-19-10-13(9-18-19)15(21)17-8-12-4-2-3-5-14(12)20-7-6-16-11-20/h2-7,9-11H,8H2,1H3,(H,17,21). The van der Waals surface area contributed by atoms with E-state index in [1.165, 1.54) is 0 Å². The normalized spacial score (nSPS) is 10.5. The lowest BCUT2D eigenvalue weighted by atomic mass is 10.1. The smallest absolute Gasteiger partial charge is 0.254 e. The van der Waals surface area contributed by atoms with E-state index in [1.54, 1.807) is 36.6 Å². The van der Waals surface area contributed by atoms with Crippen LogP contribution in [0.4, 0.5) is 0 Å². The Labute approximate surface area is 122 Å². The molecule has 1 amide bonds. The summed E-state index contributed by atoms with van der Waals surface area (Å²) in [6, 6.07) is 7.89. The van der Waals surface area contributed by atoms with Gasteiger partial charge in [0.25, 0.3) is 5.91 Å². The largest absolute Gasteiger partial charge is 0.348 e. The average molecular weight is 281 g/mol. The number of carbonyl (C=O) groups excluding carboxylic acids is 1. The zero-order valence-electron chi connectivity index (χ0n) is 11.6. The van der Waals surface area contributed by atoms with Crippen molar-refractivity contribution >= 4 is 5.91 Å². The van der Waals surface area contributed by atoms with Gasteiger partial charge in [0.2, 0.25) is 0 Å². The first-order valence-electron chi connectivity index (χ1n) is 6.57. The van der Waals surface area contributed by atoms with E-state index in [0.717, 1.165) is 11.3 Å². The molecule has 0 aliphatic heterocycles. The van der Waals surface area contributed by atoms with Gasteiger partial charge in [-0.15, -0.1) is 0 Å². The number of amides is 1. The van der Waals surface area contributed by atoms with Gasteiger partial charge in [-0.3, -0.25) is 9.48 Å². The molecule has 0 atom stereocenters. The Balaban J connectivity index is 1.75. The topological polar surface area (TPSA) is 64.7 Å². The van der Waals surface area contributed by atoms with Crippen molar-refractivity contribution < 1.29 is 4.79 Å². The second kappa shape index (κ2) is 5.62. The van der Waals surface area contributed by atoms with Crippen molar-refractivity contribution in [2.24, 2.45) is 7.05 Å². The van der Waals surface area contributed by atoms with Crippen LogP contribution in [-0.4, -0.2) is 25.2 Å². The fourth-order valence-corrected chi connectivity index (χ4v) is 2.13. The van der Waals surface area contributed by atoms with Crippen molar-refractivity contribution in [3.8, 4) is 5.69 Å². The fraction of sp³-hybridized carbons (Fsp3) is 0.133. The molecule has 1 N–H and O–H groups in total. The molecule has 0 radical (unpaired) electrons. The maximum absolute atomic E-state index is 12.0. The Morgan fingerprint density at radius 1 is 1.33 bits per heavy atom. The zero-order chi connectivity index (χ0) is 14.7. The maximum Gasteiger partial charge on any atom is 0.254 e. The lowest BCUT2D eigenvalue weighted by Crippen LogP contribution is -2.23. The molecule has 0 saturated carbocycles. The van der Waals surface area contributed by atoms with Gasteiger partial charge in [-0.25, -0.2) is 4.98 Å². The van der Waals surface area contributed by atoms with Crippen molar-refractivity contribution in [1.29, 1.82) is 0 Å². The van der Waals surface area contributed by atoms with E-state index in [4.69, 9.17) is 0 Å².